The Bertz CT molecular complexity index is 782. The summed E-state index contributed by atoms with van der Waals surface area (Å²) >= 11 is 1.70. The number of thioether (sulfide) groups is 1. The number of aromatic nitrogens is 1. The molecule has 1 aromatic heterocycles. The molecule has 1 fully saturated rings. The van der Waals surface area contributed by atoms with Crippen LogP contribution in [-0.4, -0.2) is 36.2 Å². The Hall–Kier alpha value is -2.38. The van der Waals surface area contributed by atoms with Crippen LogP contribution < -0.4 is 5.32 Å². The van der Waals surface area contributed by atoms with Gasteiger partial charge in [-0.2, -0.15) is 0 Å². The van der Waals surface area contributed by atoms with Crippen molar-refractivity contribution in [1.82, 2.24) is 4.98 Å². The average molecular weight is 386 g/mol. The van der Waals surface area contributed by atoms with Crippen molar-refractivity contribution in [3.63, 3.8) is 0 Å². The van der Waals surface area contributed by atoms with Crippen LogP contribution in [0.2, 0.25) is 0 Å². The van der Waals surface area contributed by atoms with Gasteiger partial charge in [0, 0.05) is 28.7 Å². The summed E-state index contributed by atoms with van der Waals surface area (Å²) in [5, 5.41) is 2.85. The molecule has 7 heteroatoms. The van der Waals surface area contributed by atoms with Gasteiger partial charge in [0.15, 0.2) is 6.10 Å². The van der Waals surface area contributed by atoms with E-state index in [1.165, 1.54) is 7.11 Å². The fraction of sp³-hybridized carbons (Fsp3) is 0.350. The van der Waals surface area contributed by atoms with E-state index in [-0.39, 0.29) is 11.8 Å². The summed E-state index contributed by atoms with van der Waals surface area (Å²) in [6.07, 6.45) is 2.77. The van der Waals surface area contributed by atoms with E-state index in [4.69, 9.17) is 9.47 Å². The van der Waals surface area contributed by atoms with Gasteiger partial charge in [0.05, 0.1) is 7.11 Å². The molecule has 1 amide bonds. The van der Waals surface area contributed by atoms with Gasteiger partial charge in [-0.25, -0.2) is 4.79 Å². The summed E-state index contributed by atoms with van der Waals surface area (Å²) in [5.41, 5.74) is 1.86. The molecule has 0 bridgehead atoms. The van der Waals surface area contributed by atoms with Gasteiger partial charge in [-0.1, -0.05) is 13.0 Å². The Balaban J connectivity index is 1.52. The van der Waals surface area contributed by atoms with E-state index in [1.54, 1.807) is 18.0 Å². The number of hydrogen-bond donors (Lipinski definition) is 1. The molecule has 1 aliphatic rings. The zero-order valence-corrected chi connectivity index (χ0v) is 16.1. The van der Waals surface area contributed by atoms with Crippen molar-refractivity contribution in [2.75, 3.05) is 12.4 Å². The zero-order valence-electron chi connectivity index (χ0n) is 15.3. The average Bonchev–Trinajstić information content (AvgIpc) is 3.09. The molecule has 1 aromatic carbocycles. The van der Waals surface area contributed by atoms with Crippen molar-refractivity contribution in [1.29, 1.82) is 0 Å². The zero-order chi connectivity index (χ0) is 19.2. The molecular formula is C20H22N2O4S. The molecule has 27 heavy (non-hydrogen) atoms. The summed E-state index contributed by atoms with van der Waals surface area (Å²) in [6.45, 7) is 1.88. The number of carbonyl (C=O) groups is 2. The standard InChI is InChI=1S/C20H22N2O4S/c1-13-10-17(26-18(13)20(24)25-2)19(23)22-15-5-7-16(8-6-15)27-12-14-4-3-9-21-11-14/h3-9,11,13,17-18H,10,12H2,1-2H3,(H,22,23)/t13-,17-,18-/m1/s1. The highest BCUT2D eigenvalue weighted by Gasteiger charge is 2.41. The van der Waals surface area contributed by atoms with Gasteiger partial charge >= 0.3 is 5.97 Å². The van der Waals surface area contributed by atoms with Gasteiger partial charge in [0.1, 0.15) is 6.10 Å². The van der Waals surface area contributed by atoms with Crippen LogP contribution >= 0.6 is 11.8 Å². The molecule has 0 saturated carbocycles. The highest BCUT2D eigenvalue weighted by molar-refractivity contribution is 7.98. The van der Waals surface area contributed by atoms with Crippen molar-refractivity contribution in [2.45, 2.75) is 36.2 Å². The summed E-state index contributed by atoms with van der Waals surface area (Å²) in [5.74, 6) is 0.0960. The van der Waals surface area contributed by atoms with Gasteiger partial charge < -0.3 is 14.8 Å². The minimum Gasteiger partial charge on any atom is -0.467 e. The predicted octanol–water partition coefficient (Wildman–Crippen LogP) is 3.28. The normalized spacial score (nSPS) is 21.6. The summed E-state index contributed by atoms with van der Waals surface area (Å²) in [4.78, 5) is 29.3. The molecule has 0 radical (unpaired) electrons. The van der Waals surface area contributed by atoms with Crippen molar-refractivity contribution in [3.05, 3.63) is 54.4 Å². The molecule has 1 N–H and O–H groups in total. The molecule has 1 saturated heterocycles. The first-order chi connectivity index (χ1) is 13.1. The van der Waals surface area contributed by atoms with Crippen LogP contribution in [0.3, 0.4) is 0 Å². The molecule has 142 valence electrons. The minimum atomic E-state index is -0.683. The minimum absolute atomic E-state index is 0.0561. The quantitative estimate of drug-likeness (QED) is 0.606. The number of ether oxygens (including phenoxy) is 2. The molecule has 3 rings (SSSR count). The number of pyridine rings is 1. The van der Waals surface area contributed by atoms with Crippen LogP contribution in [0.25, 0.3) is 0 Å². The van der Waals surface area contributed by atoms with Gasteiger partial charge in [-0.05, 0) is 48.2 Å². The van der Waals surface area contributed by atoms with Gasteiger partial charge in [0.25, 0.3) is 5.91 Å². The molecule has 3 atom stereocenters. The largest absolute Gasteiger partial charge is 0.467 e. The van der Waals surface area contributed by atoms with E-state index >= 15 is 0 Å². The maximum Gasteiger partial charge on any atom is 0.335 e. The highest BCUT2D eigenvalue weighted by Crippen LogP contribution is 2.28. The molecule has 0 aliphatic carbocycles. The second-order valence-electron chi connectivity index (χ2n) is 6.45. The SMILES string of the molecule is COC(=O)[C@@H]1O[C@@H](C(=O)Nc2ccc(SCc3cccnc3)cc2)C[C@H]1C. The lowest BCUT2D eigenvalue weighted by atomic mass is 10.0. The molecule has 0 spiro atoms. The maximum absolute atomic E-state index is 12.4. The van der Waals surface area contributed by atoms with Crippen LogP contribution in [0, 0.1) is 5.92 Å². The van der Waals surface area contributed by atoms with E-state index in [0.717, 1.165) is 16.2 Å². The first-order valence-corrected chi connectivity index (χ1v) is 9.71. The summed E-state index contributed by atoms with van der Waals surface area (Å²) in [7, 11) is 1.32. The first-order valence-electron chi connectivity index (χ1n) is 8.72. The number of methoxy groups -OCH3 is 1. The fourth-order valence-corrected chi connectivity index (χ4v) is 3.74. The third-order valence-corrected chi connectivity index (χ3v) is 5.47. The number of amides is 1. The van der Waals surface area contributed by atoms with Crippen LogP contribution in [0.4, 0.5) is 5.69 Å². The van der Waals surface area contributed by atoms with Crippen molar-refractivity contribution in [3.8, 4) is 0 Å². The second kappa shape index (κ2) is 9.01. The van der Waals surface area contributed by atoms with Crippen LogP contribution in [-0.2, 0) is 24.8 Å². The second-order valence-corrected chi connectivity index (χ2v) is 7.49. The van der Waals surface area contributed by atoms with Crippen LogP contribution in [0.1, 0.15) is 18.9 Å². The monoisotopic (exact) mass is 386 g/mol. The number of carbonyl (C=O) groups excluding carboxylic acids is 2. The number of anilines is 1. The third kappa shape index (κ3) is 5.08. The van der Waals surface area contributed by atoms with Crippen LogP contribution in [0.5, 0.6) is 0 Å². The Morgan fingerprint density at radius 2 is 2.07 bits per heavy atom. The smallest absolute Gasteiger partial charge is 0.335 e. The van der Waals surface area contributed by atoms with E-state index in [1.807, 2.05) is 49.5 Å². The van der Waals surface area contributed by atoms with Crippen molar-refractivity contribution < 1.29 is 19.1 Å². The Morgan fingerprint density at radius 1 is 1.30 bits per heavy atom. The molecule has 0 unspecified atom stereocenters. The lowest BCUT2D eigenvalue weighted by molar-refractivity contribution is -0.155. The van der Waals surface area contributed by atoms with Gasteiger partial charge in [-0.3, -0.25) is 9.78 Å². The van der Waals surface area contributed by atoms with Crippen molar-refractivity contribution in [2.24, 2.45) is 5.92 Å². The van der Waals surface area contributed by atoms with Gasteiger partial charge in [-0.15, -0.1) is 11.8 Å². The third-order valence-electron chi connectivity index (χ3n) is 4.39. The van der Waals surface area contributed by atoms with Crippen LogP contribution in [0.15, 0.2) is 53.7 Å². The van der Waals surface area contributed by atoms with E-state index in [2.05, 4.69) is 10.3 Å². The molecule has 1 aliphatic heterocycles. The predicted molar refractivity (Wildman–Crippen MR) is 103 cm³/mol. The van der Waals surface area contributed by atoms with Gasteiger partial charge in [0.2, 0.25) is 0 Å². The molecule has 2 heterocycles. The topological polar surface area (TPSA) is 77.5 Å². The fourth-order valence-electron chi connectivity index (χ4n) is 2.91. The number of nitrogens with one attached hydrogen (secondary N) is 1. The lowest BCUT2D eigenvalue weighted by Gasteiger charge is -2.13. The Labute approximate surface area is 162 Å². The van der Waals surface area contributed by atoms with E-state index in [0.29, 0.717) is 12.1 Å². The molecule has 6 nitrogen and oxygen atoms in total. The summed E-state index contributed by atoms with van der Waals surface area (Å²) < 4.78 is 10.3. The van der Waals surface area contributed by atoms with E-state index < -0.39 is 18.2 Å². The lowest BCUT2D eigenvalue weighted by Crippen LogP contribution is -2.31. The highest BCUT2D eigenvalue weighted by atomic mass is 32.2. The maximum atomic E-state index is 12.4. The number of esters is 1. The summed E-state index contributed by atoms with van der Waals surface area (Å²) in [6, 6.07) is 11.6. The molecular weight excluding hydrogens is 364 g/mol. The number of rotatable bonds is 6. The molecule has 2 aromatic rings. The van der Waals surface area contributed by atoms with Crippen molar-refractivity contribution >= 4 is 29.3 Å². The Kier molecular flexibility index (Phi) is 6.47. The Morgan fingerprint density at radius 3 is 2.74 bits per heavy atom. The number of hydrogen-bond acceptors (Lipinski definition) is 6. The number of benzene rings is 1. The first kappa shape index (κ1) is 19.4. The van der Waals surface area contributed by atoms with E-state index in [9.17, 15) is 9.59 Å². The number of nitrogens with zero attached hydrogens (tertiary/aromatic N) is 1.